The first-order valence-electron chi connectivity index (χ1n) is 9.85. The van der Waals surface area contributed by atoms with Crippen molar-refractivity contribution in [2.24, 2.45) is 0 Å². The minimum absolute atomic E-state index is 0.389. The highest BCUT2D eigenvalue weighted by Crippen LogP contribution is 2.39. The van der Waals surface area contributed by atoms with Gasteiger partial charge in [0.05, 0.1) is 18.3 Å². The lowest BCUT2D eigenvalue weighted by atomic mass is 9.99. The summed E-state index contributed by atoms with van der Waals surface area (Å²) in [5.41, 5.74) is 1.52. The van der Waals surface area contributed by atoms with Crippen LogP contribution in [0.3, 0.4) is 0 Å². The van der Waals surface area contributed by atoms with E-state index < -0.39 is 42.5 Å². The zero-order valence-corrected chi connectivity index (χ0v) is 16.8. The van der Waals surface area contributed by atoms with Crippen molar-refractivity contribution in [3.63, 3.8) is 0 Å². The molecule has 0 radical (unpaired) electrons. The second-order valence-corrected chi connectivity index (χ2v) is 7.81. The van der Waals surface area contributed by atoms with Gasteiger partial charge in [0.25, 0.3) is 0 Å². The Kier molecular flexibility index (Phi) is 5.69. The molecule has 2 aliphatic heterocycles. The van der Waals surface area contributed by atoms with E-state index >= 15 is 0 Å². The van der Waals surface area contributed by atoms with Crippen molar-refractivity contribution in [3.8, 4) is 0 Å². The predicted molar refractivity (Wildman–Crippen MR) is 105 cm³/mol. The maximum Gasteiger partial charge on any atom is 0.338 e. The standard InChI is InChI=1S/C23H26O6/c1-15-18(27-21(24)17-12-8-5-9-13-17)19-20(29-23(2,3)28-19)22(26-15)25-14-16-10-6-4-7-11-16/h4-13,15,18-20,22H,14H2,1-3H3/t15-,18-,19+,20+,22+/m0/s1. The van der Waals surface area contributed by atoms with Gasteiger partial charge < -0.3 is 23.7 Å². The lowest BCUT2D eigenvalue weighted by Gasteiger charge is -2.40. The van der Waals surface area contributed by atoms with E-state index in [-0.39, 0.29) is 0 Å². The SMILES string of the molecule is C[C@@H]1O[C@@H](OCc2ccccc2)[C@@H]2OC(C)(C)O[C@@H]2[C@H]1OC(=O)c1ccccc1. The number of rotatable bonds is 5. The van der Waals surface area contributed by atoms with Gasteiger partial charge in [0.1, 0.15) is 12.2 Å². The summed E-state index contributed by atoms with van der Waals surface area (Å²) in [6.07, 6.45) is -2.63. The lowest BCUT2D eigenvalue weighted by molar-refractivity contribution is -0.274. The minimum atomic E-state index is -0.825. The number of ether oxygens (including phenoxy) is 5. The van der Waals surface area contributed by atoms with E-state index in [0.717, 1.165) is 5.56 Å². The summed E-state index contributed by atoms with van der Waals surface area (Å²) in [4.78, 5) is 12.6. The molecule has 0 saturated carbocycles. The molecule has 5 atom stereocenters. The van der Waals surface area contributed by atoms with Crippen molar-refractivity contribution < 1.29 is 28.5 Å². The van der Waals surface area contributed by atoms with E-state index in [1.807, 2.05) is 57.2 Å². The summed E-state index contributed by atoms with van der Waals surface area (Å²) < 4.78 is 30.0. The molecule has 0 aromatic heterocycles. The van der Waals surface area contributed by atoms with Crippen LogP contribution in [0.15, 0.2) is 60.7 Å². The number of esters is 1. The predicted octanol–water partition coefficient (Wildman–Crippen LogP) is 3.69. The fourth-order valence-corrected chi connectivity index (χ4v) is 3.73. The third-order valence-electron chi connectivity index (χ3n) is 5.08. The van der Waals surface area contributed by atoms with Crippen LogP contribution >= 0.6 is 0 Å². The van der Waals surface area contributed by atoms with Crippen LogP contribution in [0, 0.1) is 0 Å². The molecular formula is C23H26O6. The molecule has 6 heteroatoms. The van der Waals surface area contributed by atoms with Crippen LogP contribution < -0.4 is 0 Å². The highest BCUT2D eigenvalue weighted by molar-refractivity contribution is 5.89. The number of carbonyl (C=O) groups is 1. The molecule has 6 nitrogen and oxygen atoms in total. The molecule has 2 aromatic carbocycles. The smallest absolute Gasteiger partial charge is 0.338 e. The monoisotopic (exact) mass is 398 g/mol. The summed E-state index contributed by atoms with van der Waals surface area (Å²) in [5, 5.41) is 0. The molecule has 0 spiro atoms. The normalized spacial score (nSPS) is 30.5. The first kappa shape index (κ1) is 20.0. The molecule has 2 aliphatic rings. The number of fused-ring (bicyclic) bond motifs is 1. The average molecular weight is 398 g/mol. The third kappa shape index (κ3) is 4.51. The van der Waals surface area contributed by atoms with Crippen molar-refractivity contribution in [1.29, 1.82) is 0 Å². The molecule has 29 heavy (non-hydrogen) atoms. The van der Waals surface area contributed by atoms with Gasteiger partial charge >= 0.3 is 5.97 Å². The van der Waals surface area contributed by atoms with E-state index in [4.69, 9.17) is 23.7 Å². The molecule has 0 unspecified atom stereocenters. The van der Waals surface area contributed by atoms with Crippen molar-refractivity contribution in [2.75, 3.05) is 0 Å². The Morgan fingerprint density at radius 1 is 0.966 bits per heavy atom. The Labute approximate surface area is 170 Å². The molecule has 2 heterocycles. The van der Waals surface area contributed by atoms with E-state index in [2.05, 4.69) is 0 Å². The Balaban J connectivity index is 1.49. The van der Waals surface area contributed by atoms with Gasteiger partial charge in [-0.15, -0.1) is 0 Å². The highest BCUT2D eigenvalue weighted by atomic mass is 16.8. The van der Waals surface area contributed by atoms with Crippen LogP contribution in [0.4, 0.5) is 0 Å². The lowest BCUT2D eigenvalue weighted by Crippen LogP contribution is -2.57. The van der Waals surface area contributed by atoms with E-state index in [0.29, 0.717) is 12.2 Å². The van der Waals surface area contributed by atoms with E-state index in [1.54, 1.807) is 24.3 Å². The van der Waals surface area contributed by atoms with Gasteiger partial charge in [-0.05, 0) is 38.5 Å². The minimum Gasteiger partial charge on any atom is -0.453 e. The summed E-state index contributed by atoms with van der Waals surface area (Å²) >= 11 is 0. The van der Waals surface area contributed by atoms with Crippen LogP contribution in [-0.4, -0.2) is 42.5 Å². The molecule has 2 fully saturated rings. The van der Waals surface area contributed by atoms with Crippen molar-refractivity contribution in [2.45, 2.75) is 63.9 Å². The van der Waals surface area contributed by atoms with Gasteiger partial charge in [-0.3, -0.25) is 0 Å². The largest absolute Gasteiger partial charge is 0.453 e. The van der Waals surface area contributed by atoms with Gasteiger partial charge in [-0.2, -0.15) is 0 Å². The van der Waals surface area contributed by atoms with Crippen molar-refractivity contribution >= 4 is 5.97 Å². The van der Waals surface area contributed by atoms with Gasteiger partial charge in [0.2, 0.25) is 0 Å². The average Bonchev–Trinajstić information content (AvgIpc) is 3.05. The van der Waals surface area contributed by atoms with Crippen molar-refractivity contribution in [3.05, 3.63) is 71.8 Å². The number of hydrogen-bond donors (Lipinski definition) is 0. The van der Waals surface area contributed by atoms with Crippen molar-refractivity contribution in [1.82, 2.24) is 0 Å². The molecule has 154 valence electrons. The molecule has 0 amide bonds. The van der Waals surface area contributed by atoms with E-state index in [1.165, 1.54) is 0 Å². The molecule has 2 aromatic rings. The maximum atomic E-state index is 12.6. The summed E-state index contributed by atoms with van der Waals surface area (Å²) in [5.74, 6) is -1.24. The molecule has 0 aliphatic carbocycles. The Hall–Kier alpha value is -2.25. The molecular weight excluding hydrogens is 372 g/mol. The second kappa shape index (κ2) is 8.24. The number of benzene rings is 2. The Morgan fingerprint density at radius 3 is 2.28 bits per heavy atom. The molecule has 4 rings (SSSR count). The second-order valence-electron chi connectivity index (χ2n) is 7.81. The zero-order valence-electron chi connectivity index (χ0n) is 16.8. The molecule has 2 saturated heterocycles. The Bertz CT molecular complexity index is 822. The summed E-state index contributed by atoms with van der Waals surface area (Å²) in [6, 6.07) is 18.7. The van der Waals surface area contributed by atoms with Crippen LogP contribution in [0.2, 0.25) is 0 Å². The Morgan fingerprint density at radius 2 is 1.59 bits per heavy atom. The fraction of sp³-hybridized carbons (Fsp3) is 0.435. The van der Waals surface area contributed by atoms with Gasteiger partial charge in [-0.1, -0.05) is 48.5 Å². The zero-order chi connectivity index (χ0) is 20.4. The van der Waals surface area contributed by atoms with E-state index in [9.17, 15) is 4.79 Å². The van der Waals surface area contributed by atoms with Gasteiger partial charge in [-0.25, -0.2) is 4.79 Å². The fourth-order valence-electron chi connectivity index (χ4n) is 3.73. The molecule has 0 N–H and O–H groups in total. The quantitative estimate of drug-likeness (QED) is 0.716. The first-order valence-corrected chi connectivity index (χ1v) is 9.85. The highest BCUT2D eigenvalue weighted by Gasteiger charge is 2.56. The summed E-state index contributed by atoms with van der Waals surface area (Å²) in [6.45, 7) is 5.91. The molecule has 0 bridgehead atoms. The van der Waals surface area contributed by atoms with Crippen LogP contribution in [0.1, 0.15) is 36.7 Å². The van der Waals surface area contributed by atoms with Crippen LogP contribution in [0.25, 0.3) is 0 Å². The topological polar surface area (TPSA) is 63.2 Å². The summed E-state index contributed by atoms with van der Waals surface area (Å²) in [7, 11) is 0. The van der Waals surface area contributed by atoms with Gasteiger partial charge in [0, 0.05) is 0 Å². The van der Waals surface area contributed by atoms with Gasteiger partial charge in [0.15, 0.2) is 18.2 Å². The maximum absolute atomic E-state index is 12.6. The third-order valence-corrected chi connectivity index (χ3v) is 5.08. The number of carbonyl (C=O) groups excluding carboxylic acids is 1. The number of hydrogen-bond acceptors (Lipinski definition) is 6. The first-order chi connectivity index (χ1) is 13.9. The van der Waals surface area contributed by atoms with Crippen LogP contribution in [0.5, 0.6) is 0 Å². The van der Waals surface area contributed by atoms with Crippen LogP contribution in [-0.2, 0) is 30.3 Å².